The van der Waals surface area contributed by atoms with Crippen LogP contribution in [0.1, 0.15) is 12.8 Å². The van der Waals surface area contributed by atoms with Crippen molar-refractivity contribution in [2.75, 3.05) is 24.6 Å². The minimum absolute atomic E-state index is 0.0248. The number of morpholine rings is 1. The summed E-state index contributed by atoms with van der Waals surface area (Å²) in [6.07, 6.45) is 1.95. The van der Waals surface area contributed by atoms with Crippen molar-refractivity contribution in [3.8, 4) is 0 Å². The molecule has 21 heavy (non-hydrogen) atoms. The van der Waals surface area contributed by atoms with Crippen LogP contribution in [0, 0.1) is 5.92 Å². The standard InChI is InChI=1S/C16H18N2O3/c19-15-10-21-14-9-17(16(20)11-6-7-11)8-13(14)18(15)12-4-2-1-3-5-12/h1-5,11,13-14H,6-10H2/t13-,14+/m1/s1. The van der Waals surface area contributed by atoms with Gasteiger partial charge in [-0.2, -0.15) is 0 Å². The van der Waals surface area contributed by atoms with Gasteiger partial charge in [0.25, 0.3) is 5.91 Å². The molecule has 2 aliphatic heterocycles. The molecule has 0 aromatic heterocycles. The lowest BCUT2D eigenvalue weighted by Gasteiger charge is -2.36. The van der Waals surface area contributed by atoms with Gasteiger partial charge in [-0.15, -0.1) is 0 Å². The van der Waals surface area contributed by atoms with Gasteiger partial charge in [-0.3, -0.25) is 9.59 Å². The van der Waals surface area contributed by atoms with E-state index in [9.17, 15) is 9.59 Å². The average Bonchev–Trinajstić information content (AvgIpc) is 3.27. The number of nitrogens with zero attached hydrogens (tertiary/aromatic N) is 2. The second kappa shape index (κ2) is 4.84. The van der Waals surface area contributed by atoms with Gasteiger partial charge in [0.2, 0.25) is 5.91 Å². The second-order valence-corrected chi connectivity index (χ2v) is 6.03. The highest BCUT2D eigenvalue weighted by molar-refractivity contribution is 5.96. The summed E-state index contributed by atoms with van der Waals surface area (Å²) in [5, 5.41) is 0. The Hall–Kier alpha value is -1.88. The Morgan fingerprint density at radius 2 is 1.90 bits per heavy atom. The minimum Gasteiger partial charge on any atom is -0.364 e. The van der Waals surface area contributed by atoms with E-state index in [2.05, 4.69) is 0 Å². The van der Waals surface area contributed by atoms with Crippen molar-refractivity contribution in [2.24, 2.45) is 5.92 Å². The van der Waals surface area contributed by atoms with Crippen molar-refractivity contribution in [2.45, 2.75) is 25.0 Å². The van der Waals surface area contributed by atoms with E-state index in [0.29, 0.717) is 13.1 Å². The summed E-state index contributed by atoms with van der Waals surface area (Å²) in [4.78, 5) is 28.2. The Balaban J connectivity index is 1.59. The van der Waals surface area contributed by atoms with Crippen LogP contribution in [-0.4, -0.2) is 48.6 Å². The lowest BCUT2D eigenvalue weighted by Crippen LogP contribution is -2.54. The van der Waals surface area contributed by atoms with Crippen molar-refractivity contribution in [3.63, 3.8) is 0 Å². The molecule has 2 saturated heterocycles. The van der Waals surface area contributed by atoms with Crippen LogP contribution in [0.5, 0.6) is 0 Å². The van der Waals surface area contributed by atoms with Crippen LogP contribution < -0.4 is 4.90 Å². The summed E-state index contributed by atoms with van der Waals surface area (Å²) < 4.78 is 5.66. The van der Waals surface area contributed by atoms with Crippen LogP contribution in [-0.2, 0) is 14.3 Å². The third-order valence-corrected chi connectivity index (χ3v) is 4.53. The normalized spacial score (nSPS) is 28.7. The maximum Gasteiger partial charge on any atom is 0.253 e. The molecule has 110 valence electrons. The molecule has 1 aromatic rings. The maximum absolute atomic E-state index is 12.3. The minimum atomic E-state index is -0.0643. The van der Waals surface area contributed by atoms with Crippen LogP contribution >= 0.6 is 0 Å². The van der Waals surface area contributed by atoms with E-state index in [1.165, 1.54) is 0 Å². The number of benzene rings is 1. The van der Waals surface area contributed by atoms with Crippen LogP contribution in [0.15, 0.2) is 30.3 Å². The Kier molecular flexibility index (Phi) is 2.96. The zero-order chi connectivity index (χ0) is 14.4. The van der Waals surface area contributed by atoms with E-state index in [1.54, 1.807) is 0 Å². The lowest BCUT2D eigenvalue weighted by atomic mass is 10.1. The molecule has 5 nitrogen and oxygen atoms in total. The summed E-state index contributed by atoms with van der Waals surface area (Å²) in [7, 11) is 0. The predicted octanol–water partition coefficient (Wildman–Crippen LogP) is 1.04. The molecule has 4 rings (SSSR count). The Labute approximate surface area is 123 Å². The molecule has 0 unspecified atom stereocenters. The fourth-order valence-electron chi connectivity index (χ4n) is 3.29. The number of likely N-dealkylation sites (tertiary alicyclic amines) is 1. The van der Waals surface area contributed by atoms with E-state index in [0.717, 1.165) is 18.5 Å². The topological polar surface area (TPSA) is 49.9 Å². The molecule has 1 saturated carbocycles. The molecule has 3 aliphatic rings. The Bertz CT molecular complexity index is 570. The van der Waals surface area contributed by atoms with Crippen molar-refractivity contribution < 1.29 is 14.3 Å². The molecule has 3 fully saturated rings. The monoisotopic (exact) mass is 286 g/mol. The number of carbonyl (C=O) groups is 2. The zero-order valence-electron chi connectivity index (χ0n) is 11.8. The molecule has 2 heterocycles. The van der Waals surface area contributed by atoms with Gasteiger partial charge in [-0.05, 0) is 25.0 Å². The molecule has 2 amide bonds. The SMILES string of the molecule is O=C(C1CC1)N1C[C@@H]2OCC(=O)N(c3ccccc3)[C@@H]2C1. The average molecular weight is 286 g/mol. The summed E-state index contributed by atoms with van der Waals surface area (Å²) in [5.74, 6) is 0.419. The maximum atomic E-state index is 12.3. The molecule has 1 aromatic carbocycles. The quantitative estimate of drug-likeness (QED) is 0.816. The van der Waals surface area contributed by atoms with Gasteiger partial charge < -0.3 is 14.5 Å². The van der Waals surface area contributed by atoms with Crippen LogP contribution in [0.4, 0.5) is 5.69 Å². The molecular weight excluding hydrogens is 268 g/mol. The number of fused-ring (bicyclic) bond motifs is 1. The highest BCUT2D eigenvalue weighted by Crippen LogP contribution is 2.34. The summed E-state index contributed by atoms with van der Waals surface area (Å²) in [6, 6.07) is 9.60. The number of amides is 2. The van der Waals surface area contributed by atoms with Crippen LogP contribution in [0.3, 0.4) is 0 Å². The lowest BCUT2D eigenvalue weighted by molar-refractivity contribution is -0.132. The number of hydrogen-bond donors (Lipinski definition) is 0. The molecule has 2 atom stereocenters. The number of hydrogen-bond acceptors (Lipinski definition) is 3. The van der Waals surface area contributed by atoms with E-state index in [-0.39, 0.29) is 36.5 Å². The number of rotatable bonds is 2. The predicted molar refractivity (Wildman–Crippen MR) is 76.8 cm³/mol. The summed E-state index contributed by atoms with van der Waals surface area (Å²) >= 11 is 0. The van der Waals surface area contributed by atoms with E-state index >= 15 is 0 Å². The van der Waals surface area contributed by atoms with Crippen molar-refractivity contribution in [1.29, 1.82) is 0 Å². The van der Waals surface area contributed by atoms with Gasteiger partial charge in [-0.1, -0.05) is 18.2 Å². The largest absolute Gasteiger partial charge is 0.364 e. The third-order valence-electron chi connectivity index (χ3n) is 4.53. The van der Waals surface area contributed by atoms with Gasteiger partial charge in [0.15, 0.2) is 0 Å². The second-order valence-electron chi connectivity index (χ2n) is 6.03. The van der Waals surface area contributed by atoms with E-state index in [4.69, 9.17) is 4.74 Å². The first-order valence-corrected chi connectivity index (χ1v) is 7.51. The Morgan fingerprint density at radius 1 is 1.14 bits per heavy atom. The number of carbonyl (C=O) groups excluding carboxylic acids is 2. The molecule has 0 spiro atoms. The first kappa shape index (κ1) is 12.8. The summed E-state index contributed by atoms with van der Waals surface area (Å²) in [5.41, 5.74) is 0.890. The number of anilines is 1. The molecule has 0 bridgehead atoms. The highest BCUT2D eigenvalue weighted by Gasteiger charge is 2.47. The molecule has 0 radical (unpaired) electrons. The third kappa shape index (κ3) is 2.21. The van der Waals surface area contributed by atoms with Crippen molar-refractivity contribution in [1.82, 2.24) is 4.90 Å². The van der Waals surface area contributed by atoms with Gasteiger partial charge in [-0.25, -0.2) is 0 Å². The fourth-order valence-corrected chi connectivity index (χ4v) is 3.29. The molecule has 0 N–H and O–H groups in total. The van der Waals surface area contributed by atoms with Crippen LogP contribution in [0.25, 0.3) is 0 Å². The van der Waals surface area contributed by atoms with Gasteiger partial charge >= 0.3 is 0 Å². The zero-order valence-corrected chi connectivity index (χ0v) is 11.8. The van der Waals surface area contributed by atoms with Crippen LogP contribution in [0.2, 0.25) is 0 Å². The molecule has 5 heteroatoms. The number of ether oxygens (including phenoxy) is 1. The first-order valence-electron chi connectivity index (χ1n) is 7.51. The van der Waals surface area contributed by atoms with Crippen molar-refractivity contribution >= 4 is 17.5 Å². The first-order chi connectivity index (χ1) is 10.2. The summed E-state index contributed by atoms with van der Waals surface area (Å²) in [6.45, 7) is 1.29. The van der Waals surface area contributed by atoms with Gasteiger partial charge in [0.05, 0.1) is 12.1 Å². The molecule has 1 aliphatic carbocycles. The van der Waals surface area contributed by atoms with Crippen molar-refractivity contribution in [3.05, 3.63) is 30.3 Å². The van der Waals surface area contributed by atoms with E-state index in [1.807, 2.05) is 40.1 Å². The van der Waals surface area contributed by atoms with Gasteiger partial charge in [0, 0.05) is 24.7 Å². The van der Waals surface area contributed by atoms with Gasteiger partial charge in [0.1, 0.15) is 6.61 Å². The highest BCUT2D eigenvalue weighted by atomic mass is 16.5. The fraction of sp³-hybridized carbons (Fsp3) is 0.500. The Morgan fingerprint density at radius 3 is 2.62 bits per heavy atom. The number of para-hydroxylation sites is 1. The molecular formula is C16H18N2O3. The van der Waals surface area contributed by atoms with E-state index < -0.39 is 0 Å². The smallest absolute Gasteiger partial charge is 0.253 e.